The molecule has 3 rings (SSSR count). The first-order valence-electron chi connectivity index (χ1n) is 9.33. The summed E-state index contributed by atoms with van der Waals surface area (Å²) in [5.74, 6) is 0.270. The molecule has 0 fully saturated rings. The smallest absolute Gasteiger partial charge is 0.338 e. The van der Waals surface area contributed by atoms with Gasteiger partial charge in [-0.3, -0.25) is 4.90 Å². The number of allylic oxidation sites excluding steroid dienone is 1. The summed E-state index contributed by atoms with van der Waals surface area (Å²) in [7, 11) is 3.17. The lowest BCUT2D eigenvalue weighted by Crippen LogP contribution is -2.48. The number of thiocarbonyl (C=S) groups is 1. The van der Waals surface area contributed by atoms with Gasteiger partial charge in [-0.05, 0) is 55.0 Å². The summed E-state index contributed by atoms with van der Waals surface area (Å²) in [6, 6.07) is 14.8. The minimum absolute atomic E-state index is 0.165. The topological polar surface area (TPSA) is 60.0 Å². The Morgan fingerprint density at radius 1 is 1.17 bits per heavy atom. The van der Waals surface area contributed by atoms with Crippen LogP contribution in [0.15, 0.2) is 64.3 Å². The van der Waals surface area contributed by atoms with Crippen molar-refractivity contribution in [2.75, 3.05) is 32.3 Å². The molecule has 0 radical (unpaired) electrons. The Kier molecular flexibility index (Phi) is 7.47. The number of hydrogen-bond acceptors (Lipinski definition) is 5. The van der Waals surface area contributed by atoms with Gasteiger partial charge in [0.25, 0.3) is 0 Å². The molecule has 1 aliphatic rings. The van der Waals surface area contributed by atoms with Gasteiger partial charge < -0.3 is 19.5 Å². The molecule has 8 heteroatoms. The van der Waals surface area contributed by atoms with Gasteiger partial charge in [-0.1, -0.05) is 34.1 Å². The Bertz CT molecular complexity index is 979. The molecule has 0 amide bonds. The maximum atomic E-state index is 13.1. The first-order chi connectivity index (χ1) is 14.5. The zero-order valence-corrected chi connectivity index (χ0v) is 19.4. The number of nitrogens with one attached hydrogen (secondary N) is 1. The molecule has 0 saturated carbocycles. The van der Waals surface area contributed by atoms with Crippen LogP contribution in [-0.2, 0) is 14.3 Å². The molecule has 1 heterocycles. The number of benzene rings is 2. The second-order valence-corrected chi connectivity index (χ2v) is 7.90. The van der Waals surface area contributed by atoms with Gasteiger partial charge in [-0.2, -0.15) is 0 Å². The van der Waals surface area contributed by atoms with Crippen LogP contribution in [0, 0.1) is 0 Å². The maximum absolute atomic E-state index is 13.1. The Labute approximate surface area is 189 Å². The summed E-state index contributed by atoms with van der Waals surface area (Å²) < 4.78 is 16.7. The second kappa shape index (κ2) is 10.1. The highest BCUT2D eigenvalue weighted by atomic mass is 79.9. The fourth-order valence-electron chi connectivity index (χ4n) is 3.30. The van der Waals surface area contributed by atoms with E-state index < -0.39 is 12.0 Å². The monoisotopic (exact) mass is 490 g/mol. The van der Waals surface area contributed by atoms with Crippen molar-refractivity contribution in [2.24, 2.45) is 0 Å². The third-order valence-corrected chi connectivity index (χ3v) is 5.51. The average molecular weight is 491 g/mol. The number of halogens is 1. The predicted octanol–water partition coefficient (Wildman–Crippen LogP) is 4.36. The number of methoxy groups -OCH3 is 2. The largest absolute Gasteiger partial charge is 0.497 e. The number of carbonyl (C=O) groups is 1. The number of esters is 1. The van der Waals surface area contributed by atoms with Gasteiger partial charge in [0.15, 0.2) is 5.11 Å². The van der Waals surface area contributed by atoms with E-state index in [-0.39, 0.29) is 6.61 Å². The van der Waals surface area contributed by atoms with Crippen LogP contribution in [0.4, 0.5) is 5.69 Å². The van der Waals surface area contributed by atoms with E-state index in [9.17, 15) is 4.79 Å². The van der Waals surface area contributed by atoms with Gasteiger partial charge in [0.2, 0.25) is 0 Å². The summed E-state index contributed by atoms with van der Waals surface area (Å²) >= 11 is 9.17. The van der Waals surface area contributed by atoms with E-state index in [1.54, 1.807) is 14.2 Å². The van der Waals surface area contributed by atoms with Gasteiger partial charge in [0.1, 0.15) is 12.4 Å². The van der Waals surface area contributed by atoms with Crippen LogP contribution in [0.25, 0.3) is 0 Å². The third-order valence-electron chi connectivity index (χ3n) is 4.72. The molecule has 0 spiro atoms. The number of nitrogens with zero attached hydrogens (tertiary/aromatic N) is 1. The van der Waals surface area contributed by atoms with E-state index in [2.05, 4.69) is 21.2 Å². The third kappa shape index (κ3) is 4.83. The maximum Gasteiger partial charge on any atom is 0.338 e. The van der Waals surface area contributed by atoms with E-state index in [0.717, 1.165) is 15.7 Å². The average Bonchev–Trinajstić information content (AvgIpc) is 2.73. The van der Waals surface area contributed by atoms with Crippen molar-refractivity contribution in [3.63, 3.8) is 0 Å². The lowest BCUT2D eigenvalue weighted by Gasteiger charge is -2.37. The number of rotatable bonds is 7. The lowest BCUT2D eigenvalue weighted by atomic mass is 9.94. The van der Waals surface area contributed by atoms with Crippen molar-refractivity contribution in [3.05, 3.63) is 69.8 Å². The van der Waals surface area contributed by atoms with E-state index in [1.165, 1.54) is 0 Å². The first kappa shape index (κ1) is 22.3. The fourth-order valence-corrected chi connectivity index (χ4v) is 4.05. The van der Waals surface area contributed by atoms with Crippen LogP contribution in [0.1, 0.15) is 18.5 Å². The van der Waals surface area contributed by atoms with Crippen molar-refractivity contribution in [1.82, 2.24) is 5.32 Å². The van der Waals surface area contributed by atoms with Crippen LogP contribution < -0.4 is 15.0 Å². The molecule has 2 aromatic rings. The van der Waals surface area contributed by atoms with Crippen LogP contribution in [0.2, 0.25) is 0 Å². The van der Waals surface area contributed by atoms with Crippen molar-refractivity contribution in [3.8, 4) is 5.75 Å². The minimum Gasteiger partial charge on any atom is -0.497 e. The van der Waals surface area contributed by atoms with Crippen molar-refractivity contribution < 1.29 is 19.0 Å². The molecule has 0 bridgehead atoms. The van der Waals surface area contributed by atoms with Crippen molar-refractivity contribution in [2.45, 2.75) is 13.0 Å². The highest BCUT2D eigenvalue weighted by Gasteiger charge is 2.35. The van der Waals surface area contributed by atoms with Crippen LogP contribution in [0.3, 0.4) is 0 Å². The normalized spacial score (nSPS) is 16.3. The highest BCUT2D eigenvalue weighted by molar-refractivity contribution is 9.10. The zero-order chi connectivity index (χ0) is 21.7. The number of anilines is 1. The van der Waals surface area contributed by atoms with Gasteiger partial charge in [-0.25, -0.2) is 4.79 Å². The number of carbonyl (C=O) groups excluding carboxylic acids is 1. The quantitative estimate of drug-likeness (QED) is 0.351. The van der Waals surface area contributed by atoms with Gasteiger partial charge >= 0.3 is 5.97 Å². The summed E-state index contributed by atoms with van der Waals surface area (Å²) in [4.78, 5) is 14.9. The van der Waals surface area contributed by atoms with Crippen LogP contribution in [0.5, 0.6) is 5.75 Å². The Morgan fingerprint density at radius 3 is 2.63 bits per heavy atom. The lowest BCUT2D eigenvalue weighted by molar-refractivity contribution is -0.140. The predicted molar refractivity (Wildman–Crippen MR) is 124 cm³/mol. The standard InChI is InChI=1S/C22H23BrN2O4S/c1-14-19(21(26)29-11-10-27-2)20(15-6-4-9-18(12-15)28-3)24-22(30)25(14)17-8-5-7-16(23)13-17/h4-9,12-13,20H,10-11H2,1-3H3,(H,24,30). The van der Waals surface area contributed by atoms with E-state index in [0.29, 0.717) is 28.7 Å². The molecule has 30 heavy (non-hydrogen) atoms. The molecule has 0 aromatic heterocycles. The van der Waals surface area contributed by atoms with Crippen LogP contribution in [-0.4, -0.2) is 38.5 Å². The van der Waals surface area contributed by atoms with Gasteiger partial charge in [-0.15, -0.1) is 0 Å². The Hall–Kier alpha value is -2.42. The molecule has 0 saturated heterocycles. The van der Waals surface area contributed by atoms with E-state index >= 15 is 0 Å². The van der Waals surface area contributed by atoms with E-state index in [4.69, 9.17) is 26.4 Å². The molecular formula is C22H23BrN2O4S. The summed E-state index contributed by atoms with van der Waals surface area (Å²) in [5, 5.41) is 3.79. The molecule has 158 valence electrons. The first-order valence-corrected chi connectivity index (χ1v) is 10.5. The van der Waals surface area contributed by atoms with Crippen molar-refractivity contribution >= 4 is 44.9 Å². The van der Waals surface area contributed by atoms with E-state index in [1.807, 2.05) is 60.4 Å². The Morgan fingerprint density at radius 2 is 1.93 bits per heavy atom. The van der Waals surface area contributed by atoms with Gasteiger partial charge in [0.05, 0.1) is 25.3 Å². The fraction of sp³-hybridized carbons (Fsp3) is 0.273. The van der Waals surface area contributed by atoms with Gasteiger partial charge in [0, 0.05) is 23.0 Å². The molecular weight excluding hydrogens is 468 g/mol. The summed E-state index contributed by atoms with van der Waals surface area (Å²) in [6.07, 6.45) is 0. The zero-order valence-electron chi connectivity index (χ0n) is 17.0. The SMILES string of the molecule is COCCOC(=O)C1=C(C)N(c2cccc(Br)c2)C(=S)NC1c1cccc(OC)c1. The number of ether oxygens (including phenoxy) is 3. The molecule has 2 aromatic carbocycles. The summed E-state index contributed by atoms with van der Waals surface area (Å²) in [6.45, 7) is 2.36. The molecule has 6 nitrogen and oxygen atoms in total. The van der Waals surface area contributed by atoms with Crippen LogP contribution >= 0.6 is 28.1 Å². The molecule has 0 aliphatic carbocycles. The molecule has 1 aliphatic heterocycles. The highest BCUT2D eigenvalue weighted by Crippen LogP contribution is 2.35. The molecule has 1 N–H and O–H groups in total. The molecule has 1 atom stereocenters. The Balaban J connectivity index is 2.08. The minimum atomic E-state index is -0.467. The molecule has 1 unspecified atom stereocenters. The summed E-state index contributed by atoms with van der Waals surface area (Å²) in [5.41, 5.74) is 2.87. The second-order valence-electron chi connectivity index (χ2n) is 6.60. The number of hydrogen-bond donors (Lipinski definition) is 1. The van der Waals surface area contributed by atoms with Crippen molar-refractivity contribution in [1.29, 1.82) is 0 Å².